The zero-order valence-corrected chi connectivity index (χ0v) is 11.3. The van der Waals surface area contributed by atoms with E-state index in [0.717, 1.165) is 25.9 Å². The molecule has 20 heavy (non-hydrogen) atoms. The number of anilines is 1. The van der Waals surface area contributed by atoms with Crippen LogP contribution in [0.2, 0.25) is 0 Å². The molecule has 108 valence electrons. The topological polar surface area (TPSA) is 91.3 Å². The maximum atomic E-state index is 11.6. The Balaban J connectivity index is 1.90. The van der Waals surface area contributed by atoms with Crippen molar-refractivity contribution in [2.45, 2.75) is 31.8 Å². The fraction of sp³-hybridized carbons (Fsp3) is 0.615. The van der Waals surface area contributed by atoms with E-state index in [9.17, 15) is 14.9 Å². The van der Waals surface area contributed by atoms with Crippen molar-refractivity contribution < 1.29 is 4.92 Å². The molecule has 7 nitrogen and oxygen atoms in total. The molecule has 1 aromatic heterocycles. The van der Waals surface area contributed by atoms with Crippen LogP contribution >= 0.6 is 0 Å². The zero-order valence-electron chi connectivity index (χ0n) is 11.3. The van der Waals surface area contributed by atoms with Crippen LogP contribution in [0.15, 0.2) is 17.1 Å². The second-order valence-corrected chi connectivity index (χ2v) is 5.61. The van der Waals surface area contributed by atoms with Crippen molar-refractivity contribution in [3.05, 3.63) is 32.7 Å². The lowest BCUT2D eigenvalue weighted by Crippen LogP contribution is -2.59. The molecule has 0 amide bonds. The lowest BCUT2D eigenvalue weighted by Gasteiger charge is -2.50. The van der Waals surface area contributed by atoms with Crippen LogP contribution in [0.5, 0.6) is 0 Å². The third-order valence-electron chi connectivity index (χ3n) is 4.62. The van der Waals surface area contributed by atoms with Gasteiger partial charge in [0.25, 0.3) is 0 Å². The molecule has 3 aliphatic heterocycles. The van der Waals surface area contributed by atoms with Gasteiger partial charge in [-0.25, -0.2) is 0 Å². The molecule has 0 spiro atoms. The van der Waals surface area contributed by atoms with Gasteiger partial charge in [-0.15, -0.1) is 0 Å². The van der Waals surface area contributed by atoms with Gasteiger partial charge < -0.3 is 10.3 Å². The Morgan fingerprint density at radius 2 is 2.15 bits per heavy atom. The molecule has 0 radical (unpaired) electrons. The van der Waals surface area contributed by atoms with Gasteiger partial charge in [0.1, 0.15) is 5.69 Å². The first-order chi connectivity index (χ1) is 9.58. The van der Waals surface area contributed by atoms with Crippen molar-refractivity contribution in [1.29, 1.82) is 0 Å². The fourth-order valence-corrected chi connectivity index (χ4v) is 3.49. The predicted molar refractivity (Wildman–Crippen MR) is 74.9 cm³/mol. The molecule has 2 atom stereocenters. The highest BCUT2D eigenvalue weighted by molar-refractivity contribution is 5.60. The monoisotopic (exact) mass is 278 g/mol. The number of aromatic nitrogens is 1. The number of nitrogens with zero attached hydrogens (tertiary/aromatic N) is 2. The second kappa shape index (κ2) is 4.90. The Morgan fingerprint density at radius 1 is 1.45 bits per heavy atom. The molecule has 2 bridgehead atoms. The van der Waals surface area contributed by atoms with Gasteiger partial charge in [-0.3, -0.25) is 19.8 Å². The molecule has 4 heterocycles. The standard InChI is InChI=1S/C13H18N4O3/c1-8-11(9-3-6-16(8)7-4-9)15-10-2-5-14-13(18)12(10)17(19)20/h2,5,8-9,11H,3-4,6-7H2,1H3,(H2,14,15,18)/t8-,11-/m1/s1. The summed E-state index contributed by atoms with van der Waals surface area (Å²) in [5.41, 5.74) is -0.727. The first-order valence-electron chi connectivity index (χ1n) is 6.94. The molecule has 0 aromatic carbocycles. The van der Waals surface area contributed by atoms with E-state index in [4.69, 9.17) is 0 Å². The molecule has 0 saturated carbocycles. The van der Waals surface area contributed by atoms with E-state index in [0.29, 0.717) is 17.6 Å². The highest BCUT2D eigenvalue weighted by Crippen LogP contribution is 2.35. The average molecular weight is 278 g/mol. The average Bonchev–Trinajstić information content (AvgIpc) is 2.43. The van der Waals surface area contributed by atoms with Crippen LogP contribution in [0.25, 0.3) is 0 Å². The number of fused-ring (bicyclic) bond motifs is 3. The van der Waals surface area contributed by atoms with Crippen LogP contribution in [0, 0.1) is 16.0 Å². The summed E-state index contributed by atoms with van der Waals surface area (Å²) in [5, 5.41) is 14.3. The summed E-state index contributed by atoms with van der Waals surface area (Å²) < 4.78 is 0. The third-order valence-corrected chi connectivity index (χ3v) is 4.62. The molecular weight excluding hydrogens is 260 g/mol. The number of nitrogens with one attached hydrogen (secondary N) is 2. The summed E-state index contributed by atoms with van der Waals surface area (Å²) in [7, 11) is 0. The molecular formula is C13H18N4O3. The van der Waals surface area contributed by atoms with Crippen LogP contribution in [0.3, 0.4) is 0 Å². The quantitative estimate of drug-likeness (QED) is 0.640. The number of piperidine rings is 3. The number of hydrogen-bond acceptors (Lipinski definition) is 5. The van der Waals surface area contributed by atoms with Gasteiger partial charge in [-0.1, -0.05) is 0 Å². The Labute approximate surface area is 116 Å². The van der Waals surface area contributed by atoms with E-state index in [-0.39, 0.29) is 6.04 Å². The van der Waals surface area contributed by atoms with E-state index in [1.54, 1.807) is 6.07 Å². The smallest absolute Gasteiger partial charge is 0.356 e. The van der Waals surface area contributed by atoms with Crippen molar-refractivity contribution in [3.8, 4) is 0 Å². The van der Waals surface area contributed by atoms with Crippen LogP contribution < -0.4 is 10.9 Å². The number of nitro groups is 1. The highest BCUT2D eigenvalue weighted by Gasteiger charge is 2.40. The van der Waals surface area contributed by atoms with Crippen molar-refractivity contribution >= 4 is 11.4 Å². The Bertz CT molecular complexity index is 575. The minimum absolute atomic E-state index is 0.165. The minimum atomic E-state index is -0.658. The van der Waals surface area contributed by atoms with Gasteiger partial charge in [0.2, 0.25) is 0 Å². The molecule has 3 fully saturated rings. The van der Waals surface area contributed by atoms with Gasteiger partial charge in [-0.2, -0.15) is 0 Å². The molecule has 4 rings (SSSR count). The fourth-order valence-electron chi connectivity index (χ4n) is 3.49. The number of H-pyrrole nitrogens is 1. The van der Waals surface area contributed by atoms with Crippen LogP contribution in [0.1, 0.15) is 19.8 Å². The predicted octanol–water partition coefficient (Wildman–Crippen LogP) is 1.18. The molecule has 0 aliphatic carbocycles. The number of pyridine rings is 1. The number of aromatic amines is 1. The SMILES string of the molecule is C[C@@H]1[C@@H](Nc2cc[nH]c(=O)c2[N+](=O)[O-])C2CCN1CC2. The van der Waals surface area contributed by atoms with Gasteiger partial charge in [0, 0.05) is 18.3 Å². The highest BCUT2D eigenvalue weighted by atomic mass is 16.6. The van der Waals surface area contributed by atoms with Gasteiger partial charge in [-0.05, 0) is 44.8 Å². The summed E-state index contributed by atoms with van der Waals surface area (Å²) in [6.45, 7) is 4.34. The van der Waals surface area contributed by atoms with Crippen molar-refractivity contribution in [2.24, 2.45) is 5.92 Å². The molecule has 3 saturated heterocycles. The first-order valence-corrected chi connectivity index (χ1v) is 6.94. The van der Waals surface area contributed by atoms with Crippen LogP contribution in [-0.4, -0.2) is 40.0 Å². The van der Waals surface area contributed by atoms with Gasteiger partial charge in [0.05, 0.1) is 4.92 Å². The summed E-state index contributed by atoms with van der Waals surface area (Å²) in [6.07, 6.45) is 3.67. The van der Waals surface area contributed by atoms with E-state index in [1.807, 2.05) is 0 Å². The molecule has 2 N–H and O–H groups in total. The third kappa shape index (κ3) is 2.07. The number of hydrogen-bond donors (Lipinski definition) is 2. The van der Waals surface area contributed by atoms with E-state index >= 15 is 0 Å². The van der Waals surface area contributed by atoms with E-state index in [1.165, 1.54) is 6.20 Å². The summed E-state index contributed by atoms with van der Waals surface area (Å²) in [6, 6.07) is 2.07. The molecule has 1 aromatic rings. The lowest BCUT2D eigenvalue weighted by molar-refractivity contribution is -0.385. The molecule has 3 aliphatic rings. The van der Waals surface area contributed by atoms with E-state index in [2.05, 4.69) is 22.1 Å². The summed E-state index contributed by atoms with van der Waals surface area (Å²) in [5.74, 6) is 0.522. The first kappa shape index (κ1) is 13.1. The molecule has 7 heteroatoms. The summed E-state index contributed by atoms with van der Waals surface area (Å²) in [4.78, 5) is 26.8. The van der Waals surface area contributed by atoms with Gasteiger partial charge in [0.15, 0.2) is 0 Å². The van der Waals surface area contributed by atoms with Gasteiger partial charge >= 0.3 is 11.2 Å². The molecule has 0 unspecified atom stereocenters. The largest absolute Gasteiger partial charge is 0.375 e. The Hall–Kier alpha value is -1.89. The minimum Gasteiger partial charge on any atom is -0.375 e. The normalized spacial score (nSPS) is 32.0. The summed E-state index contributed by atoms with van der Waals surface area (Å²) >= 11 is 0. The maximum Gasteiger partial charge on any atom is 0.356 e. The Kier molecular flexibility index (Phi) is 3.21. The zero-order chi connectivity index (χ0) is 14.3. The van der Waals surface area contributed by atoms with Crippen molar-refractivity contribution in [2.75, 3.05) is 18.4 Å². The second-order valence-electron chi connectivity index (χ2n) is 5.61. The maximum absolute atomic E-state index is 11.6. The lowest BCUT2D eigenvalue weighted by atomic mass is 9.79. The van der Waals surface area contributed by atoms with Crippen LogP contribution in [-0.2, 0) is 0 Å². The number of rotatable bonds is 3. The Morgan fingerprint density at radius 3 is 2.75 bits per heavy atom. The van der Waals surface area contributed by atoms with Crippen molar-refractivity contribution in [3.63, 3.8) is 0 Å². The van der Waals surface area contributed by atoms with Crippen molar-refractivity contribution in [1.82, 2.24) is 9.88 Å². The van der Waals surface area contributed by atoms with Crippen LogP contribution in [0.4, 0.5) is 11.4 Å². The van der Waals surface area contributed by atoms with E-state index < -0.39 is 16.2 Å².